The Bertz CT molecular complexity index is 402. The Hall–Kier alpha value is -1.85. The van der Waals surface area contributed by atoms with E-state index < -0.39 is 0 Å². The Kier molecular flexibility index (Phi) is 2.89. The van der Waals surface area contributed by atoms with Crippen molar-refractivity contribution >= 4 is 11.7 Å². The third-order valence-corrected chi connectivity index (χ3v) is 2.69. The first kappa shape index (κ1) is 10.7. The second kappa shape index (κ2) is 4.34. The van der Waals surface area contributed by atoms with Crippen molar-refractivity contribution in [3.05, 3.63) is 17.8 Å². The highest BCUT2D eigenvalue weighted by atomic mass is 16.4. The molecule has 3 N–H and O–H groups in total. The van der Waals surface area contributed by atoms with Crippen molar-refractivity contribution in [3.63, 3.8) is 0 Å². The molecule has 0 spiro atoms. The van der Waals surface area contributed by atoms with E-state index in [9.17, 15) is 0 Å². The van der Waals surface area contributed by atoms with Crippen LogP contribution in [0.1, 0.15) is 25.3 Å². The van der Waals surface area contributed by atoms with E-state index in [0.717, 1.165) is 6.54 Å². The van der Waals surface area contributed by atoms with Gasteiger partial charge in [-0.1, -0.05) is 5.16 Å². The van der Waals surface area contributed by atoms with Crippen molar-refractivity contribution < 1.29 is 5.21 Å². The quantitative estimate of drug-likeness (QED) is 0.336. The van der Waals surface area contributed by atoms with Crippen molar-refractivity contribution in [1.82, 2.24) is 10.2 Å². The van der Waals surface area contributed by atoms with Crippen LogP contribution >= 0.6 is 0 Å². The Labute approximate surface area is 93.8 Å². The molecule has 1 aliphatic rings. The molecule has 0 saturated heterocycles. The van der Waals surface area contributed by atoms with Crippen LogP contribution in [0.15, 0.2) is 17.4 Å². The van der Waals surface area contributed by atoms with E-state index in [2.05, 4.69) is 27.2 Å². The van der Waals surface area contributed by atoms with Gasteiger partial charge < -0.3 is 15.8 Å². The van der Waals surface area contributed by atoms with E-state index >= 15 is 0 Å². The van der Waals surface area contributed by atoms with Gasteiger partial charge in [0.1, 0.15) is 0 Å². The zero-order chi connectivity index (χ0) is 11.5. The maximum absolute atomic E-state index is 8.72. The fourth-order valence-electron chi connectivity index (χ4n) is 1.76. The van der Waals surface area contributed by atoms with Crippen LogP contribution in [0.5, 0.6) is 0 Å². The summed E-state index contributed by atoms with van der Waals surface area (Å²) in [5.41, 5.74) is 6.24. The molecule has 86 valence electrons. The zero-order valence-corrected chi connectivity index (χ0v) is 9.17. The minimum Gasteiger partial charge on any atom is -0.409 e. The molecule has 0 radical (unpaired) electrons. The summed E-state index contributed by atoms with van der Waals surface area (Å²) >= 11 is 0. The summed E-state index contributed by atoms with van der Waals surface area (Å²) in [6.45, 7) is 2.90. The monoisotopic (exact) mass is 221 g/mol. The average molecular weight is 221 g/mol. The topological polar surface area (TPSA) is 87.6 Å². The number of aromatic nitrogens is 2. The van der Waals surface area contributed by atoms with E-state index in [4.69, 9.17) is 10.9 Å². The van der Waals surface area contributed by atoms with Gasteiger partial charge in [-0.25, -0.2) is 0 Å². The van der Waals surface area contributed by atoms with Crippen LogP contribution in [0.25, 0.3) is 0 Å². The Morgan fingerprint density at radius 2 is 2.44 bits per heavy atom. The number of nitrogens with two attached hydrogens (primary N) is 1. The molecule has 2 rings (SSSR count). The smallest absolute Gasteiger partial charge is 0.173 e. The molecule has 1 fully saturated rings. The van der Waals surface area contributed by atoms with E-state index in [1.807, 2.05) is 0 Å². The Morgan fingerprint density at radius 3 is 3.00 bits per heavy atom. The molecular weight excluding hydrogens is 206 g/mol. The Morgan fingerprint density at radius 1 is 1.69 bits per heavy atom. The van der Waals surface area contributed by atoms with Crippen LogP contribution in [0.2, 0.25) is 0 Å². The van der Waals surface area contributed by atoms with Gasteiger partial charge >= 0.3 is 0 Å². The predicted octanol–water partition coefficient (Wildman–Crippen LogP) is 0.560. The van der Waals surface area contributed by atoms with Crippen LogP contribution in [0.4, 0.5) is 5.82 Å². The molecule has 1 heterocycles. The van der Waals surface area contributed by atoms with Gasteiger partial charge in [0.25, 0.3) is 0 Å². The van der Waals surface area contributed by atoms with E-state index in [-0.39, 0.29) is 5.84 Å². The fraction of sp³-hybridized carbons (Fsp3) is 0.500. The van der Waals surface area contributed by atoms with Crippen LogP contribution < -0.4 is 10.6 Å². The number of rotatable bonds is 4. The van der Waals surface area contributed by atoms with Crippen molar-refractivity contribution in [3.8, 4) is 0 Å². The lowest BCUT2D eigenvalue weighted by molar-refractivity contribution is 0.318. The van der Waals surface area contributed by atoms with Crippen LogP contribution in [0, 0.1) is 0 Å². The summed E-state index contributed by atoms with van der Waals surface area (Å²) in [6, 6.07) is 2.23. The van der Waals surface area contributed by atoms with Gasteiger partial charge in [0.05, 0.1) is 11.8 Å². The lowest BCUT2D eigenvalue weighted by Gasteiger charge is -2.22. The number of hydrogen-bond donors (Lipinski definition) is 2. The van der Waals surface area contributed by atoms with Gasteiger partial charge in [-0.3, -0.25) is 0 Å². The molecule has 0 unspecified atom stereocenters. The first-order valence-corrected chi connectivity index (χ1v) is 5.34. The van der Waals surface area contributed by atoms with Gasteiger partial charge in [-0.15, -0.1) is 5.10 Å². The third-order valence-electron chi connectivity index (χ3n) is 2.69. The maximum atomic E-state index is 8.72. The van der Waals surface area contributed by atoms with E-state index in [1.54, 1.807) is 6.07 Å². The fourth-order valence-corrected chi connectivity index (χ4v) is 1.76. The van der Waals surface area contributed by atoms with Crippen molar-refractivity contribution in [1.29, 1.82) is 0 Å². The van der Waals surface area contributed by atoms with Crippen LogP contribution in [0.3, 0.4) is 0 Å². The van der Waals surface area contributed by atoms with Crippen molar-refractivity contribution in [2.24, 2.45) is 10.9 Å². The predicted molar refractivity (Wildman–Crippen MR) is 60.6 cm³/mol. The van der Waals surface area contributed by atoms with Gasteiger partial charge in [-0.05, 0) is 25.8 Å². The standard InChI is InChI=1S/C10H15N5O/c1-2-15(7-3-4-7)10-8(9(11)14-16)5-6-12-13-10/h5-7,16H,2-4H2,1H3,(H2,11,14). The Balaban J connectivity index is 2.38. The number of anilines is 1. The normalized spacial score (nSPS) is 16.2. The molecule has 0 amide bonds. The molecule has 0 aliphatic heterocycles. The largest absolute Gasteiger partial charge is 0.409 e. The van der Waals surface area contributed by atoms with Gasteiger partial charge in [-0.2, -0.15) is 5.10 Å². The lowest BCUT2D eigenvalue weighted by Crippen LogP contribution is -2.29. The lowest BCUT2D eigenvalue weighted by atomic mass is 10.2. The molecule has 1 saturated carbocycles. The third kappa shape index (κ3) is 1.91. The van der Waals surface area contributed by atoms with Crippen LogP contribution in [-0.2, 0) is 0 Å². The first-order chi connectivity index (χ1) is 7.77. The summed E-state index contributed by atoms with van der Waals surface area (Å²) in [7, 11) is 0. The minimum atomic E-state index is 0.0731. The second-order valence-corrected chi connectivity index (χ2v) is 3.77. The highest BCUT2D eigenvalue weighted by molar-refractivity contribution is 6.01. The summed E-state index contributed by atoms with van der Waals surface area (Å²) in [5, 5.41) is 19.7. The summed E-state index contributed by atoms with van der Waals surface area (Å²) < 4.78 is 0. The summed E-state index contributed by atoms with van der Waals surface area (Å²) in [4.78, 5) is 2.14. The number of amidine groups is 1. The summed E-state index contributed by atoms with van der Waals surface area (Å²) in [6.07, 6.45) is 3.87. The first-order valence-electron chi connectivity index (χ1n) is 5.34. The molecule has 6 heteroatoms. The van der Waals surface area contributed by atoms with E-state index in [0.29, 0.717) is 17.4 Å². The molecule has 6 nitrogen and oxygen atoms in total. The number of oxime groups is 1. The molecule has 0 bridgehead atoms. The van der Waals surface area contributed by atoms with Gasteiger partial charge in [0.2, 0.25) is 0 Å². The second-order valence-electron chi connectivity index (χ2n) is 3.77. The summed E-state index contributed by atoms with van der Waals surface area (Å²) in [5.74, 6) is 0.770. The van der Waals surface area contributed by atoms with Crippen LogP contribution in [-0.4, -0.2) is 33.8 Å². The van der Waals surface area contributed by atoms with Crippen molar-refractivity contribution in [2.75, 3.05) is 11.4 Å². The molecule has 16 heavy (non-hydrogen) atoms. The SMILES string of the molecule is CCN(c1nnccc1/C(N)=N/O)C1CC1. The molecule has 0 aromatic carbocycles. The molecule has 1 aromatic heterocycles. The highest BCUT2D eigenvalue weighted by Crippen LogP contribution is 2.31. The number of nitrogens with zero attached hydrogens (tertiary/aromatic N) is 4. The minimum absolute atomic E-state index is 0.0731. The van der Waals surface area contributed by atoms with Crippen molar-refractivity contribution in [2.45, 2.75) is 25.8 Å². The average Bonchev–Trinajstić information content (AvgIpc) is 3.14. The van der Waals surface area contributed by atoms with Gasteiger partial charge in [0, 0.05) is 12.6 Å². The molecular formula is C10H15N5O. The molecule has 1 aliphatic carbocycles. The van der Waals surface area contributed by atoms with Gasteiger partial charge in [0.15, 0.2) is 11.7 Å². The number of hydrogen-bond acceptors (Lipinski definition) is 5. The zero-order valence-electron chi connectivity index (χ0n) is 9.17. The molecule has 1 aromatic rings. The maximum Gasteiger partial charge on any atom is 0.173 e. The van der Waals surface area contributed by atoms with E-state index in [1.165, 1.54) is 19.0 Å². The highest BCUT2D eigenvalue weighted by Gasteiger charge is 2.30. The molecule has 0 atom stereocenters.